The Labute approximate surface area is 177 Å². The molecular formula is C23H33FN4O2+2. The summed E-state index contributed by atoms with van der Waals surface area (Å²) in [5, 5.41) is 2.77. The van der Waals surface area contributed by atoms with Crippen LogP contribution in [0, 0.1) is 5.82 Å². The van der Waals surface area contributed by atoms with Gasteiger partial charge in [-0.15, -0.1) is 0 Å². The number of piperazine rings is 1. The van der Waals surface area contributed by atoms with Crippen LogP contribution < -0.4 is 15.1 Å². The van der Waals surface area contributed by atoms with Gasteiger partial charge in [0.2, 0.25) is 0 Å². The monoisotopic (exact) mass is 416 g/mol. The molecule has 2 fully saturated rings. The summed E-state index contributed by atoms with van der Waals surface area (Å²) in [5.74, 6) is -0.182. The maximum absolute atomic E-state index is 13.3. The number of hydrogen-bond donors (Lipinski definition) is 3. The molecule has 0 aromatic heterocycles. The van der Waals surface area contributed by atoms with Crippen molar-refractivity contribution in [3.63, 3.8) is 0 Å². The minimum atomic E-state index is -0.355. The topological polar surface area (TPSA) is 58.3 Å². The van der Waals surface area contributed by atoms with Crippen LogP contribution >= 0.6 is 0 Å². The Bertz CT molecular complexity index is 800. The Morgan fingerprint density at radius 2 is 1.80 bits per heavy atom. The number of allylic oxidation sites excluding steroid dienone is 2. The first-order chi connectivity index (χ1) is 14.6. The summed E-state index contributed by atoms with van der Waals surface area (Å²) in [4.78, 5) is 30.0. The lowest BCUT2D eigenvalue weighted by Crippen LogP contribution is -3.28. The van der Waals surface area contributed by atoms with E-state index in [1.165, 1.54) is 40.5 Å². The average molecular weight is 417 g/mol. The van der Waals surface area contributed by atoms with Gasteiger partial charge in [-0.25, -0.2) is 4.39 Å². The van der Waals surface area contributed by atoms with Crippen LogP contribution in [0.2, 0.25) is 0 Å². The molecule has 0 spiro atoms. The lowest BCUT2D eigenvalue weighted by Gasteiger charge is -2.32. The van der Waals surface area contributed by atoms with Gasteiger partial charge in [0.25, 0.3) is 11.8 Å². The highest BCUT2D eigenvalue weighted by Gasteiger charge is 2.37. The van der Waals surface area contributed by atoms with Crippen LogP contribution in [0.4, 0.5) is 10.1 Å². The fourth-order valence-corrected chi connectivity index (χ4v) is 4.58. The number of hydrogen-bond acceptors (Lipinski definition) is 2. The first kappa shape index (κ1) is 21.0. The molecule has 0 atom stereocenters. The average Bonchev–Trinajstić information content (AvgIpc) is 3.55. The summed E-state index contributed by atoms with van der Waals surface area (Å²) >= 11 is 0. The summed E-state index contributed by atoms with van der Waals surface area (Å²) in [6.45, 7) is 4.45. The van der Waals surface area contributed by atoms with Crippen LogP contribution in [0.1, 0.15) is 38.5 Å². The second kappa shape index (κ2) is 9.71. The zero-order chi connectivity index (χ0) is 20.9. The third kappa shape index (κ3) is 5.67. The molecular weight excluding hydrogens is 383 g/mol. The Hall–Kier alpha value is -2.25. The molecule has 1 saturated carbocycles. The number of carbonyl (C=O) groups is 2. The Morgan fingerprint density at radius 1 is 1.07 bits per heavy atom. The molecule has 1 heterocycles. The number of carbonyl (C=O) groups excluding carboxylic acids is 2. The molecule has 0 radical (unpaired) electrons. The molecule has 1 saturated heterocycles. The van der Waals surface area contributed by atoms with Crippen molar-refractivity contribution in [1.29, 1.82) is 0 Å². The zero-order valence-corrected chi connectivity index (χ0v) is 17.6. The number of nitrogens with zero attached hydrogens (tertiary/aromatic N) is 1. The van der Waals surface area contributed by atoms with Crippen LogP contribution in [0.5, 0.6) is 0 Å². The largest absolute Gasteiger partial charge is 0.321 e. The molecule has 0 unspecified atom stereocenters. The van der Waals surface area contributed by atoms with Crippen molar-refractivity contribution in [2.75, 3.05) is 44.6 Å². The number of rotatable bonds is 7. The minimum Gasteiger partial charge on any atom is -0.321 e. The third-order valence-electron chi connectivity index (χ3n) is 6.34. The lowest BCUT2D eigenvalue weighted by atomic mass is 10.0. The molecule has 162 valence electrons. The lowest BCUT2D eigenvalue weighted by molar-refractivity contribution is -1.00. The van der Waals surface area contributed by atoms with Gasteiger partial charge in [-0.2, -0.15) is 0 Å². The van der Waals surface area contributed by atoms with Gasteiger partial charge in [-0.1, -0.05) is 12.1 Å². The SMILES string of the molecule is O=C(C[NH+]1CC[NH+](CC(=O)N(C2=CCCCC2)C2CC2)CC1)Nc1cccc(F)c1. The summed E-state index contributed by atoms with van der Waals surface area (Å²) in [6, 6.07) is 6.40. The fourth-order valence-electron chi connectivity index (χ4n) is 4.58. The van der Waals surface area contributed by atoms with Crippen LogP contribution in [0.25, 0.3) is 0 Å². The van der Waals surface area contributed by atoms with Gasteiger partial charge >= 0.3 is 0 Å². The van der Waals surface area contributed by atoms with Gasteiger partial charge in [-0.3, -0.25) is 9.59 Å². The smallest absolute Gasteiger partial charge is 0.282 e. The third-order valence-corrected chi connectivity index (χ3v) is 6.34. The van der Waals surface area contributed by atoms with Gasteiger partial charge in [0.15, 0.2) is 13.1 Å². The molecule has 1 aliphatic heterocycles. The van der Waals surface area contributed by atoms with E-state index in [-0.39, 0.29) is 17.6 Å². The zero-order valence-electron chi connectivity index (χ0n) is 17.6. The van der Waals surface area contributed by atoms with E-state index in [4.69, 9.17) is 0 Å². The molecule has 4 rings (SSSR count). The molecule has 1 aromatic carbocycles. The second-order valence-electron chi connectivity index (χ2n) is 8.85. The van der Waals surface area contributed by atoms with E-state index in [2.05, 4.69) is 16.3 Å². The summed E-state index contributed by atoms with van der Waals surface area (Å²) < 4.78 is 13.3. The maximum atomic E-state index is 13.3. The highest BCUT2D eigenvalue weighted by molar-refractivity contribution is 5.91. The van der Waals surface area contributed by atoms with Crippen molar-refractivity contribution >= 4 is 17.5 Å². The first-order valence-electron chi connectivity index (χ1n) is 11.3. The van der Waals surface area contributed by atoms with Crippen molar-refractivity contribution in [2.45, 2.75) is 44.6 Å². The van der Waals surface area contributed by atoms with Crippen molar-refractivity contribution in [1.82, 2.24) is 4.90 Å². The number of halogens is 1. The number of anilines is 1. The van der Waals surface area contributed by atoms with Crippen molar-refractivity contribution in [3.05, 3.63) is 41.9 Å². The quantitative estimate of drug-likeness (QED) is 0.586. The van der Waals surface area contributed by atoms with Crippen molar-refractivity contribution < 1.29 is 23.8 Å². The van der Waals surface area contributed by atoms with Crippen LogP contribution in [-0.2, 0) is 9.59 Å². The van der Waals surface area contributed by atoms with Gasteiger partial charge in [0, 0.05) is 17.4 Å². The van der Waals surface area contributed by atoms with E-state index < -0.39 is 0 Å². The molecule has 0 bridgehead atoms. The van der Waals surface area contributed by atoms with E-state index in [0.717, 1.165) is 51.9 Å². The summed E-state index contributed by atoms with van der Waals surface area (Å²) in [5.41, 5.74) is 1.75. The fraction of sp³-hybridized carbons (Fsp3) is 0.565. The highest BCUT2D eigenvalue weighted by atomic mass is 19.1. The van der Waals surface area contributed by atoms with Crippen molar-refractivity contribution in [2.24, 2.45) is 0 Å². The summed E-state index contributed by atoms with van der Waals surface area (Å²) in [6.07, 6.45) is 9.10. The normalized spacial score (nSPS) is 24.1. The number of quaternary nitrogens is 2. The standard InChI is InChI=1S/C23H31FN4O2/c24-18-5-4-6-19(15-18)25-22(29)16-26-11-13-27(14-12-26)17-23(30)28(21-9-10-21)20-7-2-1-3-8-20/h4-7,15,21H,1-3,8-14,16-17H2,(H,25,29)/p+2. The predicted octanol–water partition coefficient (Wildman–Crippen LogP) is -0.00350. The number of nitrogens with one attached hydrogen (secondary N) is 3. The first-order valence-corrected chi connectivity index (χ1v) is 11.3. The Morgan fingerprint density at radius 3 is 2.43 bits per heavy atom. The number of benzene rings is 1. The highest BCUT2D eigenvalue weighted by Crippen LogP contribution is 2.33. The Balaban J connectivity index is 1.22. The minimum absolute atomic E-state index is 0.0979. The van der Waals surface area contributed by atoms with E-state index >= 15 is 0 Å². The van der Waals surface area contributed by atoms with Gasteiger partial charge in [0.05, 0.1) is 0 Å². The molecule has 1 aromatic rings. The second-order valence-corrected chi connectivity index (χ2v) is 8.85. The van der Waals surface area contributed by atoms with Crippen molar-refractivity contribution in [3.8, 4) is 0 Å². The molecule has 30 heavy (non-hydrogen) atoms. The van der Waals surface area contributed by atoms with Crippen LogP contribution in [0.3, 0.4) is 0 Å². The molecule has 2 amide bonds. The van der Waals surface area contributed by atoms with E-state index in [1.54, 1.807) is 12.1 Å². The predicted molar refractivity (Wildman–Crippen MR) is 113 cm³/mol. The molecule has 2 aliphatic carbocycles. The maximum Gasteiger partial charge on any atom is 0.282 e. The van der Waals surface area contributed by atoms with E-state index in [1.807, 2.05) is 0 Å². The van der Waals surface area contributed by atoms with Gasteiger partial charge in [-0.05, 0) is 56.7 Å². The molecule has 3 N–H and O–H groups in total. The van der Waals surface area contributed by atoms with Gasteiger partial charge < -0.3 is 20.0 Å². The van der Waals surface area contributed by atoms with Gasteiger partial charge in [0.1, 0.15) is 32.0 Å². The van der Waals surface area contributed by atoms with E-state index in [0.29, 0.717) is 24.8 Å². The molecule has 3 aliphatic rings. The molecule has 7 heteroatoms. The summed E-state index contributed by atoms with van der Waals surface area (Å²) in [7, 11) is 0. The van der Waals surface area contributed by atoms with E-state index in [9.17, 15) is 14.0 Å². The number of amides is 2. The Kier molecular flexibility index (Phi) is 6.79. The van der Waals surface area contributed by atoms with Crippen LogP contribution in [-0.4, -0.2) is 62.0 Å². The van der Waals surface area contributed by atoms with Crippen LogP contribution in [0.15, 0.2) is 36.0 Å². The molecule has 6 nitrogen and oxygen atoms in total.